The van der Waals surface area contributed by atoms with Crippen LogP contribution in [0.1, 0.15) is 11.1 Å². The first-order chi connectivity index (χ1) is 12.7. The van der Waals surface area contributed by atoms with Crippen molar-refractivity contribution in [3.05, 3.63) is 78.0 Å². The molecule has 0 saturated carbocycles. The zero-order valence-corrected chi connectivity index (χ0v) is 15.1. The molecule has 0 unspecified atom stereocenters. The molecule has 4 aromatic rings. The van der Waals surface area contributed by atoms with Crippen LogP contribution in [-0.2, 0) is 11.2 Å². The Bertz CT molecular complexity index is 1040. The lowest BCUT2D eigenvalue weighted by Gasteiger charge is -2.06. The van der Waals surface area contributed by atoms with Crippen molar-refractivity contribution in [1.29, 1.82) is 0 Å². The molecule has 2 heterocycles. The van der Waals surface area contributed by atoms with Gasteiger partial charge in [0.2, 0.25) is 5.91 Å². The van der Waals surface area contributed by atoms with E-state index in [1.807, 2.05) is 67.6 Å². The minimum atomic E-state index is -0.0208. The molecule has 1 amide bonds. The van der Waals surface area contributed by atoms with Crippen LogP contribution in [0.15, 0.2) is 66.9 Å². The maximum atomic E-state index is 12.2. The minimum Gasteiger partial charge on any atom is -0.326 e. The number of thiazole rings is 1. The van der Waals surface area contributed by atoms with E-state index >= 15 is 0 Å². The third-order valence-corrected chi connectivity index (χ3v) is 5.06. The van der Waals surface area contributed by atoms with E-state index in [9.17, 15) is 4.79 Å². The Hall–Kier alpha value is -3.05. The first-order valence-corrected chi connectivity index (χ1v) is 9.16. The largest absolute Gasteiger partial charge is 0.326 e. The van der Waals surface area contributed by atoms with Gasteiger partial charge in [0.25, 0.3) is 0 Å². The van der Waals surface area contributed by atoms with Crippen LogP contribution in [0.3, 0.4) is 0 Å². The van der Waals surface area contributed by atoms with E-state index in [4.69, 9.17) is 0 Å². The van der Waals surface area contributed by atoms with Crippen LogP contribution in [0, 0.1) is 6.92 Å². The van der Waals surface area contributed by atoms with Gasteiger partial charge in [0, 0.05) is 17.4 Å². The smallest absolute Gasteiger partial charge is 0.228 e. The third kappa shape index (κ3) is 3.63. The lowest BCUT2D eigenvalue weighted by molar-refractivity contribution is -0.115. The molecular weight excluding hydrogens is 342 g/mol. The van der Waals surface area contributed by atoms with E-state index in [2.05, 4.69) is 15.3 Å². The highest BCUT2D eigenvalue weighted by Gasteiger charge is 2.08. The van der Waals surface area contributed by atoms with Crippen LogP contribution in [0.2, 0.25) is 0 Å². The fourth-order valence-corrected chi connectivity index (χ4v) is 3.72. The normalized spacial score (nSPS) is 10.8. The Morgan fingerprint density at radius 3 is 2.69 bits per heavy atom. The number of amides is 1. The number of hydrogen-bond acceptors (Lipinski definition) is 4. The predicted octanol–water partition coefficient (Wildman–Crippen LogP) is 4.85. The molecule has 5 heteroatoms. The van der Waals surface area contributed by atoms with Gasteiger partial charge in [-0.25, -0.2) is 9.97 Å². The van der Waals surface area contributed by atoms with E-state index in [-0.39, 0.29) is 5.91 Å². The highest BCUT2D eigenvalue weighted by atomic mass is 32.1. The van der Waals surface area contributed by atoms with Crippen molar-refractivity contribution < 1.29 is 4.79 Å². The Balaban J connectivity index is 1.46. The summed E-state index contributed by atoms with van der Waals surface area (Å²) in [5, 5.41) is 3.87. The van der Waals surface area contributed by atoms with Gasteiger partial charge in [0.1, 0.15) is 15.4 Å². The molecule has 0 saturated heterocycles. The van der Waals surface area contributed by atoms with Crippen molar-refractivity contribution in [2.24, 2.45) is 0 Å². The summed E-state index contributed by atoms with van der Waals surface area (Å²) < 4.78 is 0. The average Bonchev–Trinajstić information content (AvgIpc) is 3.06. The number of nitrogens with one attached hydrogen (secondary N) is 1. The number of carbonyl (C=O) groups is 1. The summed E-state index contributed by atoms with van der Waals surface area (Å²) in [5.74, 6) is -0.0208. The second kappa shape index (κ2) is 7.06. The second-order valence-electron chi connectivity index (χ2n) is 6.14. The lowest BCUT2D eigenvalue weighted by Crippen LogP contribution is -2.14. The van der Waals surface area contributed by atoms with Crippen molar-refractivity contribution >= 4 is 33.3 Å². The summed E-state index contributed by atoms with van der Waals surface area (Å²) in [6, 6.07) is 19.6. The predicted molar refractivity (Wildman–Crippen MR) is 106 cm³/mol. The van der Waals surface area contributed by atoms with Gasteiger partial charge in [0.15, 0.2) is 0 Å². The molecule has 0 radical (unpaired) electrons. The molecular formula is C21H17N3OS. The Morgan fingerprint density at radius 2 is 1.92 bits per heavy atom. The van der Waals surface area contributed by atoms with Crippen LogP contribution in [0.5, 0.6) is 0 Å². The van der Waals surface area contributed by atoms with Crippen LogP contribution in [-0.4, -0.2) is 15.9 Å². The van der Waals surface area contributed by atoms with E-state index in [0.717, 1.165) is 37.7 Å². The molecule has 2 aromatic heterocycles. The van der Waals surface area contributed by atoms with Crippen LogP contribution in [0.25, 0.3) is 20.9 Å². The van der Waals surface area contributed by atoms with E-state index in [0.29, 0.717) is 6.42 Å². The molecule has 0 aliphatic rings. The zero-order valence-electron chi connectivity index (χ0n) is 14.3. The third-order valence-electron chi connectivity index (χ3n) is 4.03. The number of carbonyl (C=O) groups excluding carboxylic acids is 1. The summed E-state index contributed by atoms with van der Waals surface area (Å²) >= 11 is 1.56. The van der Waals surface area contributed by atoms with Crippen molar-refractivity contribution in [3.63, 3.8) is 0 Å². The first kappa shape index (κ1) is 16.4. The lowest BCUT2D eigenvalue weighted by atomic mass is 10.1. The highest BCUT2D eigenvalue weighted by molar-refractivity contribution is 7.21. The van der Waals surface area contributed by atoms with E-state index in [1.54, 1.807) is 17.5 Å². The molecule has 0 aliphatic heterocycles. The van der Waals surface area contributed by atoms with Gasteiger partial charge in [-0.1, -0.05) is 41.2 Å². The van der Waals surface area contributed by atoms with E-state index in [1.165, 1.54) is 0 Å². The summed E-state index contributed by atoms with van der Waals surface area (Å²) in [5.41, 5.74) is 4.88. The maximum Gasteiger partial charge on any atom is 0.228 e. The maximum absolute atomic E-state index is 12.2. The van der Waals surface area contributed by atoms with Crippen molar-refractivity contribution in [1.82, 2.24) is 9.97 Å². The van der Waals surface area contributed by atoms with Crippen molar-refractivity contribution in [2.45, 2.75) is 13.3 Å². The fraction of sp³-hybridized carbons (Fsp3) is 0.0952. The topological polar surface area (TPSA) is 54.9 Å². The number of aromatic nitrogens is 2. The SMILES string of the molecule is Cc1cccc(CC(=O)Nc2ccc(-c3nc4cccnc4s3)cc2)c1. The number of aryl methyl sites for hydroxylation is 1. The molecule has 128 valence electrons. The summed E-state index contributed by atoms with van der Waals surface area (Å²) in [6.45, 7) is 2.03. The fourth-order valence-electron chi connectivity index (χ4n) is 2.80. The Labute approximate surface area is 155 Å². The van der Waals surface area contributed by atoms with Gasteiger partial charge < -0.3 is 5.32 Å². The van der Waals surface area contributed by atoms with Crippen LogP contribution < -0.4 is 5.32 Å². The average molecular weight is 359 g/mol. The number of benzene rings is 2. The van der Waals surface area contributed by atoms with Gasteiger partial charge in [-0.3, -0.25) is 4.79 Å². The van der Waals surface area contributed by atoms with Gasteiger partial charge in [0.05, 0.1) is 6.42 Å². The second-order valence-corrected chi connectivity index (χ2v) is 7.12. The number of hydrogen-bond donors (Lipinski definition) is 1. The molecule has 0 atom stereocenters. The Morgan fingerprint density at radius 1 is 1.08 bits per heavy atom. The molecule has 2 aromatic carbocycles. The van der Waals surface area contributed by atoms with Gasteiger partial charge >= 0.3 is 0 Å². The minimum absolute atomic E-state index is 0.0208. The quantitative estimate of drug-likeness (QED) is 0.567. The summed E-state index contributed by atoms with van der Waals surface area (Å²) in [6.07, 6.45) is 2.14. The molecule has 0 bridgehead atoms. The number of fused-ring (bicyclic) bond motifs is 1. The van der Waals surface area contributed by atoms with Gasteiger partial charge in [-0.2, -0.15) is 0 Å². The Kier molecular flexibility index (Phi) is 4.46. The standard InChI is InChI=1S/C21H17N3OS/c1-14-4-2-5-15(12-14)13-19(25)23-17-9-7-16(8-10-17)20-24-18-6-3-11-22-21(18)26-20/h2-12H,13H2,1H3,(H,23,25). The molecule has 26 heavy (non-hydrogen) atoms. The molecule has 1 N–H and O–H groups in total. The number of nitrogens with zero attached hydrogens (tertiary/aromatic N) is 2. The molecule has 0 aliphatic carbocycles. The monoisotopic (exact) mass is 359 g/mol. The highest BCUT2D eigenvalue weighted by Crippen LogP contribution is 2.29. The molecule has 0 spiro atoms. The summed E-state index contributed by atoms with van der Waals surface area (Å²) in [4.78, 5) is 22.1. The van der Waals surface area contributed by atoms with Crippen LogP contribution >= 0.6 is 11.3 Å². The number of anilines is 1. The molecule has 0 fully saturated rings. The number of rotatable bonds is 4. The van der Waals surface area contributed by atoms with Crippen molar-refractivity contribution in [2.75, 3.05) is 5.32 Å². The molecule has 4 rings (SSSR count). The van der Waals surface area contributed by atoms with E-state index < -0.39 is 0 Å². The van der Waals surface area contributed by atoms with Gasteiger partial charge in [-0.05, 0) is 48.9 Å². The first-order valence-electron chi connectivity index (χ1n) is 8.35. The molecule has 4 nitrogen and oxygen atoms in total. The summed E-state index contributed by atoms with van der Waals surface area (Å²) in [7, 11) is 0. The zero-order chi connectivity index (χ0) is 17.9. The van der Waals surface area contributed by atoms with Gasteiger partial charge in [-0.15, -0.1) is 0 Å². The number of pyridine rings is 1. The van der Waals surface area contributed by atoms with Crippen molar-refractivity contribution in [3.8, 4) is 10.6 Å². The van der Waals surface area contributed by atoms with Crippen LogP contribution in [0.4, 0.5) is 5.69 Å².